The molecule has 3 nitrogen and oxygen atoms in total. The van der Waals surface area contributed by atoms with E-state index in [1.807, 2.05) is 11.3 Å². The number of nitrogens with one attached hydrogen (secondary N) is 1. The molecule has 5 heteroatoms. The fourth-order valence-corrected chi connectivity index (χ4v) is 4.52. The van der Waals surface area contributed by atoms with Gasteiger partial charge in [-0.3, -0.25) is 5.41 Å². The van der Waals surface area contributed by atoms with E-state index < -0.39 is 0 Å². The molecule has 0 amide bonds. The van der Waals surface area contributed by atoms with Gasteiger partial charge in [-0.05, 0) is 41.3 Å². The number of amidine groups is 1. The molecule has 21 heavy (non-hydrogen) atoms. The van der Waals surface area contributed by atoms with Crippen molar-refractivity contribution < 1.29 is 0 Å². The van der Waals surface area contributed by atoms with Crippen molar-refractivity contribution in [3.05, 3.63) is 45.6 Å². The summed E-state index contributed by atoms with van der Waals surface area (Å²) in [7, 11) is 0. The monoisotopic (exact) mass is 317 g/mol. The number of hydrogen-bond acceptors (Lipinski definition) is 4. The molecular weight excluding hydrogens is 298 g/mol. The molecule has 1 aliphatic heterocycles. The summed E-state index contributed by atoms with van der Waals surface area (Å²) in [4.78, 5) is 4.96. The third kappa shape index (κ3) is 2.80. The van der Waals surface area contributed by atoms with Crippen molar-refractivity contribution >= 4 is 34.6 Å². The lowest BCUT2D eigenvalue weighted by atomic mass is 10.1. The van der Waals surface area contributed by atoms with Gasteiger partial charge in [0.1, 0.15) is 5.84 Å². The smallest absolute Gasteiger partial charge is 0.126 e. The third-order valence-electron chi connectivity index (χ3n) is 3.72. The van der Waals surface area contributed by atoms with Crippen LogP contribution in [0.25, 0.3) is 0 Å². The molecule has 2 heterocycles. The highest BCUT2D eigenvalue weighted by molar-refractivity contribution is 7.99. The van der Waals surface area contributed by atoms with E-state index in [-0.39, 0.29) is 5.84 Å². The Morgan fingerprint density at radius 3 is 3.05 bits per heavy atom. The average Bonchev–Trinajstić information content (AvgIpc) is 2.94. The Bertz CT molecular complexity index is 663. The molecule has 0 fully saturated rings. The van der Waals surface area contributed by atoms with Gasteiger partial charge in [0, 0.05) is 28.5 Å². The number of nitrogens with zero attached hydrogens (tertiary/aromatic N) is 1. The first-order valence-electron chi connectivity index (χ1n) is 7.11. The Balaban J connectivity index is 1.99. The van der Waals surface area contributed by atoms with E-state index in [9.17, 15) is 0 Å². The minimum Gasteiger partial charge on any atom is -0.384 e. The molecule has 110 valence electrons. The molecule has 0 saturated carbocycles. The summed E-state index contributed by atoms with van der Waals surface area (Å²) in [6.45, 7) is 4.03. The molecular formula is C16H19N3S2. The summed E-state index contributed by atoms with van der Waals surface area (Å²) in [5.74, 6) is 1.15. The van der Waals surface area contributed by atoms with E-state index in [2.05, 4.69) is 41.5 Å². The van der Waals surface area contributed by atoms with Gasteiger partial charge < -0.3 is 10.6 Å². The molecule has 3 rings (SSSR count). The van der Waals surface area contributed by atoms with E-state index in [1.54, 1.807) is 11.8 Å². The zero-order valence-corrected chi connectivity index (χ0v) is 13.7. The molecule has 1 aromatic carbocycles. The number of thioether (sulfide) groups is 1. The predicted octanol–water partition coefficient (Wildman–Crippen LogP) is 3.71. The van der Waals surface area contributed by atoms with Gasteiger partial charge in [-0.15, -0.1) is 23.1 Å². The first kappa shape index (κ1) is 14.5. The molecule has 3 N–H and O–H groups in total. The van der Waals surface area contributed by atoms with Crippen molar-refractivity contribution in [3.8, 4) is 0 Å². The lowest BCUT2D eigenvalue weighted by Gasteiger charge is -2.31. The van der Waals surface area contributed by atoms with Crippen LogP contribution in [-0.4, -0.2) is 18.1 Å². The predicted molar refractivity (Wildman–Crippen MR) is 92.9 cm³/mol. The van der Waals surface area contributed by atoms with E-state index in [0.29, 0.717) is 0 Å². The zero-order valence-electron chi connectivity index (χ0n) is 12.1. The molecule has 0 spiro atoms. The van der Waals surface area contributed by atoms with E-state index >= 15 is 0 Å². The summed E-state index contributed by atoms with van der Waals surface area (Å²) in [6, 6.07) is 8.44. The fraction of sp³-hybridized carbons (Fsp3) is 0.312. The number of hydrogen-bond donors (Lipinski definition) is 2. The first-order valence-corrected chi connectivity index (χ1v) is 8.97. The highest BCUT2D eigenvalue weighted by Gasteiger charge is 2.21. The van der Waals surface area contributed by atoms with Gasteiger partial charge in [-0.1, -0.05) is 13.0 Å². The van der Waals surface area contributed by atoms with Gasteiger partial charge in [0.05, 0.1) is 5.56 Å². The van der Waals surface area contributed by atoms with Gasteiger partial charge in [0.2, 0.25) is 0 Å². The molecule has 0 saturated heterocycles. The van der Waals surface area contributed by atoms with Crippen molar-refractivity contribution in [1.29, 1.82) is 5.41 Å². The van der Waals surface area contributed by atoms with Gasteiger partial charge in [-0.25, -0.2) is 0 Å². The molecule has 0 unspecified atom stereocenters. The molecule has 0 atom stereocenters. The SMILES string of the molecule is CCSc1cccc(N2CCc3sccc3C2)c1C(=N)N. The normalized spacial score (nSPS) is 14.0. The van der Waals surface area contributed by atoms with Crippen molar-refractivity contribution in [2.75, 3.05) is 17.2 Å². The highest BCUT2D eigenvalue weighted by Crippen LogP contribution is 2.34. The summed E-state index contributed by atoms with van der Waals surface area (Å²) in [5, 5.41) is 10.1. The minimum atomic E-state index is 0.165. The Morgan fingerprint density at radius 1 is 1.43 bits per heavy atom. The number of anilines is 1. The van der Waals surface area contributed by atoms with Crippen LogP contribution >= 0.6 is 23.1 Å². The second-order valence-electron chi connectivity index (χ2n) is 5.04. The van der Waals surface area contributed by atoms with Crippen LogP contribution in [0.15, 0.2) is 34.5 Å². The zero-order chi connectivity index (χ0) is 14.8. The topological polar surface area (TPSA) is 53.1 Å². The van der Waals surface area contributed by atoms with Crippen molar-refractivity contribution in [2.45, 2.75) is 24.8 Å². The summed E-state index contributed by atoms with van der Waals surface area (Å²) in [5.41, 5.74) is 9.27. The van der Waals surface area contributed by atoms with Crippen LogP contribution in [0.3, 0.4) is 0 Å². The standard InChI is InChI=1S/C16H19N3S2/c1-2-20-14-5-3-4-12(15(14)16(17)18)19-8-6-13-11(10-19)7-9-21-13/h3-5,7,9H,2,6,8,10H2,1H3,(H3,17,18). The molecule has 0 aliphatic carbocycles. The van der Waals surface area contributed by atoms with E-state index in [1.165, 1.54) is 10.4 Å². The number of nitrogens with two attached hydrogens (primary N) is 1. The van der Waals surface area contributed by atoms with Crippen molar-refractivity contribution in [2.24, 2.45) is 5.73 Å². The van der Waals surface area contributed by atoms with Crippen LogP contribution in [0.1, 0.15) is 22.9 Å². The number of benzene rings is 1. The van der Waals surface area contributed by atoms with Crippen LogP contribution in [0, 0.1) is 5.41 Å². The summed E-state index contributed by atoms with van der Waals surface area (Å²) in [6.07, 6.45) is 1.08. The van der Waals surface area contributed by atoms with Crippen molar-refractivity contribution in [1.82, 2.24) is 0 Å². The Kier molecular flexibility index (Phi) is 4.22. The molecule has 0 bridgehead atoms. The van der Waals surface area contributed by atoms with Gasteiger partial charge in [0.15, 0.2) is 0 Å². The summed E-state index contributed by atoms with van der Waals surface area (Å²) < 4.78 is 0. The summed E-state index contributed by atoms with van der Waals surface area (Å²) >= 11 is 3.60. The largest absolute Gasteiger partial charge is 0.384 e. The third-order valence-corrected chi connectivity index (χ3v) is 5.68. The van der Waals surface area contributed by atoms with Crippen LogP contribution in [-0.2, 0) is 13.0 Å². The average molecular weight is 317 g/mol. The van der Waals surface area contributed by atoms with Crippen LogP contribution in [0.4, 0.5) is 5.69 Å². The maximum atomic E-state index is 7.97. The van der Waals surface area contributed by atoms with Gasteiger partial charge in [0.25, 0.3) is 0 Å². The first-order chi connectivity index (χ1) is 10.2. The second kappa shape index (κ2) is 6.12. The number of rotatable bonds is 4. The quantitative estimate of drug-likeness (QED) is 0.513. The number of nitrogen functional groups attached to an aromatic ring is 1. The lowest BCUT2D eigenvalue weighted by molar-refractivity contribution is 0.742. The van der Waals surface area contributed by atoms with Crippen LogP contribution < -0.4 is 10.6 Å². The maximum absolute atomic E-state index is 7.97. The minimum absolute atomic E-state index is 0.165. The molecule has 2 aromatic rings. The van der Waals surface area contributed by atoms with Crippen molar-refractivity contribution in [3.63, 3.8) is 0 Å². The second-order valence-corrected chi connectivity index (χ2v) is 7.34. The fourth-order valence-electron chi connectivity index (χ4n) is 2.78. The number of thiophene rings is 1. The molecule has 1 aliphatic rings. The molecule has 1 aromatic heterocycles. The van der Waals surface area contributed by atoms with Crippen LogP contribution in [0.5, 0.6) is 0 Å². The van der Waals surface area contributed by atoms with Gasteiger partial charge in [-0.2, -0.15) is 0 Å². The number of fused-ring (bicyclic) bond motifs is 1. The van der Waals surface area contributed by atoms with Gasteiger partial charge >= 0.3 is 0 Å². The maximum Gasteiger partial charge on any atom is 0.126 e. The Morgan fingerprint density at radius 2 is 2.29 bits per heavy atom. The van der Waals surface area contributed by atoms with Crippen LogP contribution in [0.2, 0.25) is 0 Å². The Hall–Kier alpha value is -1.46. The van der Waals surface area contributed by atoms with E-state index in [4.69, 9.17) is 11.1 Å². The van der Waals surface area contributed by atoms with E-state index in [0.717, 1.165) is 41.4 Å². The Labute approximate surface area is 133 Å². The lowest BCUT2D eigenvalue weighted by Crippen LogP contribution is -2.31. The molecule has 0 radical (unpaired) electrons. The highest BCUT2D eigenvalue weighted by atomic mass is 32.2.